The van der Waals surface area contributed by atoms with Crippen LogP contribution in [-0.4, -0.2) is 33.9 Å². The summed E-state index contributed by atoms with van der Waals surface area (Å²) in [6.45, 7) is 14.3. The van der Waals surface area contributed by atoms with E-state index in [1.807, 2.05) is 0 Å². The van der Waals surface area contributed by atoms with Gasteiger partial charge in [-0.25, -0.2) is 65.9 Å². The van der Waals surface area contributed by atoms with E-state index in [9.17, 15) is 44.3 Å². The molecule has 0 saturated carbocycles. The summed E-state index contributed by atoms with van der Waals surface area (Å²) in [5, 5.41) is -3.09. The maximum Gasteiger partial charge on any atom is 0.296 e. The fourth-order valence-electron chi connectivity index (χ4n) is 7.70. The van der Waals surface area contributed by atoms with Crippen LogP contribution in [0.15, 0.2) is 0 Å². The first-order valence-electron chi connectivity index (χ1n) is 14.7. The molecule has 0 heterocycles. The van der Waals surface area contributed by atoms with E-state index in [0.717, 1.165) is 0 Å². The summed E-state index contributed by atoms with van der Waals surface area (Å²) < 4.78 is 232. The van der Waals surface area contributed by atoms with Crippen LogP contribution in [0.5, 0.6) is 0 Å². The third-order valence-corrected chi connectivity index (χ3v) is 16.7. The Bertz CT molecular complexity index is 1650. The van der Waals surface area contributed by atoms with Gasteiger partial charge in [0.1, 0.15) is 34.9 Å². The Hall–Kier alpha value is -3.43. The average molecular weight is 772 g/mol. The summed E-state index contributed by atoms with van der Waals surface area (Å²) in [5.41, 5.74) is -9.01. The van der Waals surface area contributed by atoms with E-state index in [1.165, 1.54) is 0 Å². The summed E-state index contributed by atoms with van der Waals surface area (Å²) in [7, 11) is -3.27. The van der Waals surface area contributed by atoms with Crippen LogP contribution in [0.4, 0.5) is 65.9 Å². The molecule has 3 aromatic rings. The summed E-state index contributed by atoms with van der Waals surface area (Å²) in [4.78, 5) is 14.2. The molecule has 0 radical (unpaired) electrons. The molecule has 0 unspecified atom stereocenters. The van der Waals surface area contributed by atoms with E-state index >= 15 is 26.3 Å². The summed E-state index contributed by atoms with van der Waals surface area (Å²) in [6.07, 6.45) is -7.55. The Kier molecular flexibility index (Phi) is 10.9. The lowest BCUT2D eigenvalue weighted by atomic mass is 9.27. The van der Waals surface area contributed by atoms with Crippen molar-refractivity contribution >= 4 is 36.0 Å². The van der Waals surface area contributed by atoms with E-state index in [0.29, 0.717) is 0 Å². The monoisotopic (exact) mass is 772 g/mol. The molecule has 282 valence electrons. The van der Waals surface area contributed by atoms with Crippen LogP contribution in [0.2, 0.25) is 0 Å². The lowest BCUT2D eigenvalue weighted by Crippen LogP contribution is -2.76. The third-order valence-electron chi connectivity index (χ3n) is 9.06. The van der Waals surface area contributed by atoms with Crippen molar-refractivity contribution in [1.82, 2.24) is 0 Å². The van der Waals surface area contributed by atoms with Gasteiger partial charge in [-0.1, -0.05) is 16.4 Å². The first-order chi connectivity index (χ1) is 22.9. The second-order valence-electron chi connectivity index (χ2n) is 14.7. The van der Waals surface area contributed by atoms with Gasteiger partial charge in [-0.2, -0.15) is 0 Å². The number of rotatable bonds is 6. The van der Waals surface area contributed by atoms with E-state index in [-0.39, 0.29) is 0 Å². The molecular formula is C32H29BF15O2P. The molecule has 0 N–H and O–H groups in total. The summed E-state index contributed by atoms with van der Waals surface area (Å²) in [5.74, 6) is -49.9. The van der Waals surface area contributed by atoms with Gasteiger partial charge < -0.3 is 4.65 Å². The molecule has 0 atom stereocenters. The van der Waals surface area contributed by atoms with Crippen LogP contribution < -0.4 is 16.4 Å². The zero-order chi connectivity index (χ0) is 39.9. The standard InChI is InChI=1S/C32H29BF15O2P/c1-30(2,3)51(31(4,5)6,32(7,8)9)10-11(49)50-33(12-15(34)21(40)27(46)22(41)16(12)35,13-17(36)23(42)28(47)24(43)18(13)37)14-19(38)25(44)29(48)26(45)20(14)39/h10H2,1-9H3. The number of benzene rings is 3. The van der Waals surface area contributed by atoms with Crippen molar-refractivity contribution < 1.29 is 75.3 Å². The maximum absolute atomic E-state index is 15.8. The molecule has 51 heavy (non-hydrogen) atoms. The van der Waals surface area contributed by atoms with Gasteiger partial charge in [0, 0.05) is 7.26 Å². The van der Waals surface area contributed by atoms with Crippen LogP contribution >= 0.6 is 7.26 Å². The zero-order valence-electron chi connectivity index (χ0n) is 28.2. The number of hydrogen-bond acceptors (Lipinski definition) is 2. The maximum atomic E-state index is 15.8. The minimum absolute atomic E-state index is 1.03. The fraction of sp³-hybridized carbons (Fsp3) is 0.406. The van der Waals surface area contributed by atoms with E-state index in [4.69, 9.17) is 4.65 Å². The van der Waals surface area contributed by atoms with Crippen LogP contribution in [0.3, 0.4) is 0 Å². The number of hydrogen-bond donors (Lipinski definition) is 0. The lowest BCUT2D eigenvalue weighted by Gasteiger charge is -2.54. The molecule has 0 aliphatic heterocycles. The molecule has 0 spiro atoms. The first kappa shape index (κ1) is 42.0. The second-order valence-corrected chi connectivity index (χ2v) is 20.7. The van der Waals surface area contributed by atoms with Gasteiger partial charge in [0.25, 0.3) is 12.3 Å². The molecule has 0 saturated heterocycles. The Labute approximate surface area is 282 Å². The predicted molar refractivity (Wildman–Crippen MR) is 160 cm³/mol. The molecule has 0 amide bonds. The van der Waals surface area contributed by atoms with Crippen molar-refractivity contribution in [3.63, 3.8) is 0 Å². The summed E-state index contributed by atoms with van der Waals surface area (Å²) in [6, 6.07) is 0. The van der Waals surface area contributed by atoms with Gasteiger partial charge in [0.05, 0.1) is 15.5 Å². The molecule has 0 aromatic heterocycles. The number of halogens is 15. The van der Waals surface area contributed by atoms with Crippen LogP contribution in [0.1, 0.15) is 62.3 Å². The SMILES string of the molecule is CC(C)(C)[P+](CC(=O)O[B-](c1c(F)c(F)c(F)c(F)c1F)(c1c(F)c(F)c(F)c(F)c1F)c1c(F)c(F)c(F)c(F)c1F)(C(C)(C)C)C(C)(C)C. The topological polar surface area (TPSA) is 26.3 Å². The Balaban J connectivity index is 2.86. The zero-order valence-corrected chi connectivity index (χ0v) is 29.1. The highest BCUT2D eigenvalue weighted by Gasteiger charge is 2.66. The second kappa shape index (κ2) is 13.2. The predicted octanol–water partition coefficient (Wildman–Crippen LogP) is 8.70. The molecule has 0 fully saturated rings. The van der Waals surface area contributed by atoms with Crippen molar-refractivity contribution in [1.29, 1.82) is 0 Å². The van der Waals surface area contributed by atoms with Gasteiger partial charge in [-0.15, -0.1) is 0 Å². The van der Waals surface area contributed by atoms with Gasteiger partial charge in [0.15, 0.2) is 58.5 Å². The number of carbonyl (C=O) groups excluding carboxylic acids is 1. The van der Waals surface area contributed by atoms with Gasteiger partial charge in [-0.05, 0) is 62.3 Å². The molecule has 3 rings (SSSR count). The Morgan fingerprint density at radius 1 is 0.412 bits per heavy atom. The molecule has 3 aromatic carbocycles. The van der Waals surface area contributed by atoms with Gasteiger partial charge >= 0.3 is 0 Å². The quantitative estimate of drug-likeness (QED) is 0.0825. The van der Waals surface area contributed by atoms with Gasteiger partial charge in [0.2, 0.25) is 0 Å². The Morgan fingerprint density at radius 3 is 0.765 bits per heavy atom. The molecule has 19 heteroatoms. The van der Waals surface area contributed by atoms with Crippen molar-refractivity contribution in [3.8, 4) is 0 Å². The van der Waals surface area contributed by atoms with Crippen molar-refractivity contribution in [2.75, 3.05) is 6.16 Å². The highest BCUT2D eigenvalue weighted by atomic mass is 31.2. The van der Waals surface area contributed by atoms with Gasteiger partial charge in [-0.3, -0.25) is 4.79 Å². The van der Waals surface area contributed by atoms with Crippen molar-refractivity contribution in [2.24, 2.45) is 0 Å². The summed E-state index contributed by atoms with van der Waals surface area (Å²) >= 11 is 0. The molecule has 0 aliphatic carbocycles. The minimum atomic E-state index is -6.46. The fourth-order valence-corrected chi connectivity index (χ4v) is 15.6. The van der Waals surface area contributed by atoms with Crippen LogP contribution in [-0.2, 0) is 9.45 Å². The highest BCUT2D eigenvalue weighted by molar-refractivity contribution is 7.80. The van der Waals surface area contributed by atoms with Crippen molar-refractivity contribution in [3.05, 3.63) is 87.3 Å². The van der Waals surface area contributed by atoms with Crippen molar-refractivity contribution in [2.45, 2.75) is 77.8 Å². The van der Waals surface area contributed by atoms with E-state index in [1.54, 1.807) is 62.3 Å². The third kappa shape index (κ3) is 6.06. The molecule has 0 aliphatic rings. The van der Waals surface area contributed by atoms with Crippen LogP contribution in [0, 0.1) is 87.3 Å². The van der Waals surface area contributed by atoms with E-state index in [2.05, 4.69) is 0 Å². The number of carbonyl (C=O) groups is 1. The van der Waals surface area contributed by atoms with Crippen LogP contribution in [0.25, 0.3) is 0 Å². The largest absolute Gasteiger partial charge is 0.673 e. The molecule has 0 bridgehead atoms. The Morgan fingerprint density at radius 2 is 0.588 bits per heavy atom. The lowest BCUT2D eigenvalue weighted by molar-refractivity contribution is -0.132. The average Bonchev–Trinajstić information content (AvgIpc) is 2.99. The highest BCUT2D eigenvalue weighted by Crippen LogP contribution is 2.83. The first-order valence-corrected chi connectivity index (χ1v) is 16.7. The minimum Gasteiger partial charge on any atom is -0.673 e. The molecular weight excluding hydrogens is 743 g/mol. The molecule has 2 nitrogen and oxygen atoms in total. The van der Waals surface area contributed by atoms with E-state index < -0.39 is 145 Å². The normalized spacial score (nSPS) is 13.3. The smallest absolute Gasteiger partial charge is 0.296 e.